The minimum Gasteiger partial charge on any atom is -0.488 e. The zero-order valence-electron chi connectivity index (χ0n) is 48.3. The predicted molar refractivity (Wildman–Crippen MR) is 300 cm³/mol. The minimum absolute atomic E-state index is 0.0304. The van der Waals surface area contributed by atoms with Gasteiger partial charge in [-0.05, 0) is 164 Å². The molecule has 0 bridgehead atoms. The Kier molecular flexibility index (Phi) is 20.4. The fourth-order valence-corrected chi connectivity index (χ4v) is 11.1. The van der Waals surface area contributed by atoms with Crippen molar-refractivity contribution in [2.24, 2.45) is 5.92 Å². The summed E-state index contributed by atoms with van der Waals surface area (Å²) in [5.41, 5.74) is 7.64. The molecule has 16 nitrogen and oxygen atoms in total. The van der Waals surface area contributed by atoms with Crippen LogP contribution in [-0.2, 0) is 25.5 Å². The third-order valence-electron chi connectivity index (χ3n) is 15.7. The summed E-state index contributed by atoms with van der Waals surface area (Å²) in [6.07, 6.45) is 16.0. The number of rotatable bonds is 22. The van der Waals surface area contributed by atoms with Crippen LogP contribution in [0.15, 0.2) is 65.3 Å². The Bertz CT molecular complexity index is 2590. The topological polar surface area (TPSA) is 195 Å². The molecule has 0 spiro atoms. The number of esters is 1. The van der Waals surface area contributed by atoms with Crippen molar-refractivity contribution in [3.8, 4) is 23.0 Å². The van der Waals surface area contributed by atoms with Crippen molar-refractivity contribution in [2.45, 2.75) is 207 Å². The van der Waals surface area contributed by atoms with Crippen LogP contribution in [0.2, 0.25) is 0 Å². The number of carbonyl (C=O) groups excluding carboxylic acids is 4. The van der Waals surface area contributed by atoms with Gasteiger partial charge in [-0.3, -0.25) is 25.2 Å². The molecule has 5 aliphatic heterocycles. The normalized spacial score (nSPS) is 25.0. The number of fused-ring (bicyclic) bond motifs is 2. The van der Waals surface area contributed by atoms with Gasteiger partial charge in [-0.2, -0.15) is 0 Å². The van der Waals surface area contributed by atoms with E-state index in [1.807, 2.05) is 58.7 Å². The zero-order chi connectivity index (χ0) is 56.5. The fraction of sp³-hybridized carbons (Fsp3) is 0.613. The van der Waals surface area contributed by atoms with Crippen LogP contribution in [0.4, 0.5) is 0 Å². The Morgan fingerprint density at radius 2 is 1.53 bits per heavy atom. The van der Waals surface area contributed by atoms with E-state index in [0.29, 0.717) is 53.9 Å². The van der Waals surface area contributed by atoms with Gasteiger partial charge in [0.05, 0.1) is 35.4 Å². The number of allylic oxidation sites excluding steroid dienone is 4. The third-order valence-corrected chi connectivity index (χ3v) is 15.7. The van der Waals surface area contributed by atoms with Crippen LogP contribution in [0.25, 0.3) is 6.08 Å². The van der Waals surface area contributed by atoms with E-state index in [1.54, 1.807) is 44.2 Å². The summed E-state index contributed by atoms with van der Waals surface area (Å²) in [7, 11) is 0. The van der Waals surface area contributed by atoms with Crippen molar-refractivity contribution >= 4 is 29.5 Å². The second-order valence-corrected chi connectivity index (χ2v) is 23.7. The summed E-state index contributed by atoms with van der Waals surface area (Å²) in [4.78, 5) is 57.7. The monoisotopic (exact) mass is 1080 g/mol. The highest BCUT2D eigenvalue weighted by Crippen LogP contribution is 2.53. The van der Waals surface area contributed by atoms with E-state index < -0.39 is 59.3 Å². The number of piperidine rings is 2. The number of aliphatic hydroxyl groups is 2. The van der Waals surface area contributed by atoms with Crippen LogP contribution in [0, 0.1) is 5.92 Å². The zero-order valence-corrected chi connectivity index (χ0v) is 48.3. The Morgan fingerprint density at radius 1 is 0.872 bits per heavy atom. The third kappa shape index (κ3) is 15.4. The van der Waals surface area contributed by atoms with Gasteiger partial charge in [0.15, 0.2) is 23.6 Å². The number of ether oxygens (including phenoxy) is 6. The second kappa shape index (κ2) is 26.4. The molecule has 78 heavy (non-hydrogen) atoms. The summed E-state index contributed by atoms with van der Waals surface area (Å²) in [5, 5.41) is 24.0. The molecule has 3 fully saturated rings. The molecule has 2 aromatic rings. The quantitative estimate of drug-likeness (QED) is 0.0376. The van der Waals surface area contributed by atoms with Crippen molar-refractivity contribution in [1.29, 1.82) is 0 Å². The number of nitrogens with zero attached hydrogens (tertiary/aromatic N) is 2. The van der Waals surface area contributed by atoms with Crippen molar-refractivity contribution in [2.75, 3.05) is 32.8 Å². The Morgan fingerprint density at radius 3 is 2.15 bits per heavy atom. The molecule has 0 aliphatic carbocycles. The molecule has 0 radical (unpaired) electrons. The first-order valence-corrected chi connectivity index (χ1v) is 28.5. The van der Waals surface area contributed by atoms with Crippen LogP contribution in [0.1, 0.15) is 185 Å². The van der Waals surface area contributed by atoms with Crippen LogP contribution in [0.3, 0.4) is 0 Å². The van der Waals surface area contributed by atoms with Gasteiger partial charge in [-0.1, -0.05) is 42.2 Å². The SMILES string of the molecule is CC(=O)C(C)(C/C=C(/C)C(=O)NN1CCCCC1)OC(C)(C)CC1Oc2c(CC=C(C)C)c3c(c(OC(=O)c4ccc(O[C@H]5CC[C@H](O)[C@@H](CO)O5)cc4)c2C(=O)C1C(C)NN1CCCCC1)C=CC(C)(CCC=C(C)C)O3. The number of benzene rings is 2. The van der Waals surface area contributed by atoms with Crippen molar-refractivity contribution in [1.82, 2.24) is 20.9 Å². The maximum Gasteiger partial charge on any atom is 0.343 e. The van der Waals surface area contributed by atoms with Crippen molar-refractivity contribution < 1.29 is 57.8 Å². The first-order chi connectivity index (χ1) is 37.0. The van der Waals surface area contributed by atoms with E-state index in [0.717, 1.165) is 76.7 Å². The van der Waals surface area contributed by atoms with Gasteiger partial charge < -0.3 is 38.6 Å². The molecule has 4 N–H and O–H groups in total. The second-order valence-electron chi connectivity index (χ2n) is 23.7. The summed E-state index contributed by atoms with van der Waals surface area (Å²) in [6, 6.07) is 5.93. The van der Waals surface area contributed by atoms with Gasteiger partial charge in [0.1, 0.15) is 46.2 Å². The lowest BCUT2D eigenvalue weighted by Crippen LogP contribution is -2.56. The molecular formula is C62H88N4O12. The molecule has 1 amide bonds. The van der Waals surface area contributed by atoms with Crippen LogP contribution >= 0.6 is 0 Å². The number of nitrogens with one attached hydrogen (secondary N) is 2. The van der Waals surface area contributed by atoms with E-state index in [1.165, 1.54) is 12.5 Å². The van der Waals surface area contributed by atoms with Crippen LogP contribution < -0.4 is 29.8 Å². The number of hydrazine groups is 2. The molecule has 7 rings (SSSR count). The van der Waals surface area contributed by atoms with Gasteiger partial charge >= 0.3 is 5.97 Å². The van der Waals surface area contributed by atoms with Crippen molar-refractivity contribution in [3.63, 3.8) is 0 Å². The van der Waals surface area contributed by atoms with E-state index in [-0.39, 0.29) is 59.5 Å². The Labute approximate surface area is 462 Å². The molecule has 16 heteroatoms. The lowest BCUT2D eigenvalue weighted by Gasteiger charge is -2.44. The molecule has 8 atom stereocenters. The Hall–Kier alpha value is -5.20. The number of ketones is 2. The highest BCUT2D eigenvalue weighted by atomic mass is 16.7. The minimum atomic E-state index is -1.34. The number of hydrogen-bond donors (Lipinski definition) is 4. The van der Waals surface area contributed by atoms with Crippen LogP contribution in [0.5, 0.6) is 23.0 Å². The first kappa shape index (κ1) is 60.4. The maximum atomic E-state index is 16.1. The molecule has 3 saturated heterocycles. The van der Waals surface area contributed by atoms with Gasteiger partial charge in [0.2, 0.25) is 0 Å². The molecule has 5 aliphatic rings. The predicted octanol–water partition coefficient (Wildman–Crippen LogP) is 9.89. The Balaban J connectivity index is 1.29. The van der Waals surface area contributed by atoms with Gasteiger partial charge in [0, 0.05) is 62.6 Å². The number of Topliss-reactive ketones (excluding diaryl/α,β-unsaturated/α-hetero) is 2. The molecule has 5 unspecified atom stereocenters. The highest BCUT2D eigenvalue weighted by Gasteiger charge is 2.50. The van der Waals surface area contributed by atoms with E-state index in [2.05, 4.69) is 41.9 Å². The van der Waals surface area contributed by atoms with Gasteiger partial charge in [0.25, 0.3) is 5.91 Å². The molecule has 0 aromatic heterocycles. The summed E-state index contributed by atoms with van der Waals surface area (Å²) in [5.74, 6) is -1.11. The number of aliphatic hydroxyl groups excluding tert-OH is 2. The maximum absolute atomic E-state index is 16.1. The van der Waals surface area contributed by atoms with Crippen molar-refractivity contribution in [3.05, 3.63) is 87.5 Å². The van der Waals surface area contributed by atoms with E-state index in [9.17, 15) is 24.6 Å². The summed E-state index contributed by atoms with van der Waals surface area (Å²) >= 11 is 0. The summed E-state index contributed by atoms with van der Waals surface area (Å²) in [6.45, 7) is 23.8. The average Bonchev–Trinajstić information content (AvgIpc) is 3.52. The van der Waals surface area contributed by atoms with E-state index in [4.69, 9.17) is 28.4 Å². The first-order valence-electron chi connectivity index (χ1n) is 28.5. The lowest BCUT2D eigenvalue weighted by atomic mass is 9.78. The largest absolute Gasteiger partial charge is 0.488 e. The molecule has 5 heterocycles. The fourth-order valence-electron chi connectivity index (χ4n) is 11.1. The smallest absolute Gasteiger partial charge is 0.343 e. The molecule has 428 valence electrons. The standard InChI is InChI=1S/C62H88N4O12/c1-39(2)19-18-30-61(10)31-29-47-55(77-61)46(25-20-40(3)4)56-53(57(47)76-59(72)44-21-23-45(24-22-44)73-51-27-26-48(69)50(38-67)74-51)54(70)52(42(6)63-65-33-14-12-15-34-65)49(75-56)37-60(8,9)78-62(11,43(7)68)32-28-41(5)58(71)64-66-35-16-13-17-36-66/h19-24,28-29,31,42,48-52,63,67,69H,12-18,25-27,30,32-38H2,1-11H3,(H,64,71)/b41-28-/t42?,48-,49?,50+,51+,52?,61?,62?/m0/s1. The average molecular weight is 1080 g/mol. The van der Waals surface area contributed by atoms with Crippen LogP contribution in [-0.4, -0.2) is 124 Å². The summed E-state index contributed by atoms with van der Waals surface area (Å²) < 4.78 is 39.7. The lowest BCUT2D eigenvalue weighted by molar-refractivity contribution is -0.196. The molecule has 0 saturated carbocycles. The molecule has 2 aromatic carbocycles. The van der Waals surface area contributed by atoms with E-state index >= 15 is 4.79 Å². The number of amides is 1. The highest BCUT2D eigenvalue weighted by molar-refractivity contribution is 6.08. The van der Waals surface area contributed by atoms with Gasteiger partial charge in [-0.25, -0.2) is 14.8 Å². The number of carbonyl (C=O) groups is 4. The molecular weight excluding hydrogens is 993 g/mol. The van der Waals surface area contributed by atoms with Gasteiger partial charge in [-0.15, -0.1) is 0 Å². The number of hydrogen-bond acceptors (Lipinski definition) is 15.